The van der Waals surface area contributed by atoms with Gasteiger partial charge in [0, 0.05) is 25.2 Å². The van der Waals surface area contributed by atoms with E-state index in [0.717, 1.165) is 39.2 Å². The number of aliphatic hydroxyl groups is 1. The van der Waals surface area contributed by atoms with Crippen molar-refractivity contribution in [2.45, 2.75) is 50.7 Å². The molecule has 1 aromatic heterocycles. The van der Waals surface area contributed by atoms with Crippen molar-refractivity contribution in [1.82, 2.24) is 25.4 Å². The zero-order valence-corrected chi connectivity index (χ0v) is 23.8. The molecule has 0 saturated carbocycles. The van der Waals surface area contributed by atoms with Crippen LogP contribution in [0.2, 0.25) is 0 Å². The Bertz CT molecular complexity index is 1350. The fraction of sp³-hybridized carbons (Fsp3) is 0.467. The molecule has 0 aliphatic carbocycles. The number of thiazole rings is 1. The molecule has 2 saturated heterocycles. The monoisotopic (exact) mass is 563 g/mol. The van der Waals surface area contributed by atoms with E-state index in [-0.39, 0.29) is 29.7 Å². The number of aliphatic hydroxyl groups excluding tert-OH is 1. The van der Waals surface area contributed by atoms with E-state index in [1.165, 1.54) is 0 Å². The van der Waals surface area contributed by atoms with Crippen molar-refractivity contribution >= 4 is 39.3 Å². The fourth-order valence-electron chi connectivity index (χ4n) is 5.80. The third-order valence-electron chi connectivity index (χ3n) is 8.23. The lowest BCUT2D eigenvalue weighted by Gasteiger charge is -2.38. The summed E-state index contributed by atoms with van der Waals surface area (Å²) in [5.41, 5.74) is 3.13. The van der Waals surface area contributed by atoms with Gasteiger partial charge in [0.1, 0.15) is 17.7 Å². The van der Waals surface area contributed by atoms with Crippen molar-refractivity contribution < 1.29 is 19.5 Å². The molecular formula is C30H37N5O4S. The SMILES string of the molecule is CN[C@@H](C)C(=O)N[C@H](C(=O)N1CCC[C@H]1c1nc2c(-c3ccccc3)cccc2s1)C1CCN(C(=O)CO)CC1. The largest absolute Gasteiger partial charge is 0.387 e. The van der Waals surface area contributed by atoms with Gasteiger partial charge < -0.3 is 25.5 Å². The van der Waals surface area contributed by atoms with Crippen LogP contribution in [-0.4, -0.2) is 83.0 Å². The lowest BCUT2D eigenvalue weighted by atomic mass is 9.88. The lowest BCUT2D eigenvalue weighted by Crippen LogP contribution is -2.57. The summed E-state index contributed by atoms with van der Waals surface area (Å²) in [6.45, 7) is 2.76. The first-order chi connectivity index (χ1) is 19.4. The quantitative estimate of drug-likeness (QED) is 0.388. The number of hydrogen-bond acceptors (Lipinski definition) is 7. The molecule has 2 aromatic carbocycles. The van der Waals surface area contributed by atoms with Gasteiger partial charge in [-0.25, -0.2) is 4.98 Å². The van der Waals surface area contributed by atoms with Gasteiger partial charge in [0.05, 0.1) is 22.3 Å². The molecule has 2 fully saturated rings. The predicted octanol–water partition coefficient (Wildman–Crippen LogP) is 2.95. The van der Waals surface area contributed by atoms with Crippen LogP contribution in [0.3, 0.4) is 0 Å². The minimum Gasteiger partial charge on any atom is -0.387 e. The molecule has 2 aliphatic heterocycles. The van der Waals surface area contributed by atoms with Gasteiger partial charge in [-0.05, 0) is 57.2 Å². The van der Waals surface area contributed by atoms with Crippen LogP contribution >= 0.6 is 11.3 Å². The smallest absolute Gasteiger partial charge is 0.248 e. The lowest BCUT2D eigenvalue weighted by molar-refractivity contribution is -0.141. The summed E-state index contributed by atoms with van der Waals surface area (Å²) in [6.07, 6.45) is 2.85. The second-order valence-corrected chi connectivity index (χ2v) is 11.7. The number of rotatable bonds is 8. The molecule has 0 unspecified atom stereocenters. The number of amides is 3. The number of benzene rings is 2. The van der Waals surface area contributed by atoms with Gasteiger partial charge in [-0.3, -0.25) is 14.4 Å². The van der Waals surface area contributed by atoms with E-state index in [0.29, 0.717) is 32.5 Å². The highest BCUT2D eigenvalue weighted by Gasteiger charge is 2.41. The van der Waals surface area contributed by atoms with Crippen LogP contribution in [-0.2, 0) is 14.4 Å². The van der Waals surface area contributed by atoms with Crippen molar-refractivity contribution in [1.29, 1.82) is 0 Å². The second kappa shape index (κ2) is 12.4. The van der Waals surface area contributed by atoms with Crippen LogP contribution in [0.15, 0.2) is 48.5 Å². The van der Waals surface area contributed by atoms with E-state index in [1.54, 1.807) is 30.2 Å². The Hall–Kier alpha value is -3.34. The van der Waals surface area contributed by atoms with Crippen molar-refractivity contribution in [3.63, 3.8) is 0 Å². The zero-order valence-electron chi connectivity index (χ0n) is 23.0. The molecule has 212 valence electrons. The highest BCUT2D eigenvalue weighted by Crippen LogP contribution is 2.40. The zero-order chi connectivity index (χ0) is 28.2. The van der Waals surface area contributed by atoms with E-state index in [9.17, 15) is 19.5 Å². The van der Waals surface area contributed by atoms with Crippen molar-refractivity contribution in [2.75, 3.05) is 33.3 Å². The van der Waals surface area contributed by atoms with Crippen molar-refractivity contribution in [3.05, 3.63) is 53.5 Å². The summed E-state index contributed by atoms with van der Waals surface area (Å²) >= 11 is 1.63. The standard InChI is InChI=1S/C30H37N5O4S/c1-19(31-2)28(38)32-26(21-13-16-34(17-14-21)25(37)18-36)30(39)35-15-7-11-23(35)29-33-27-22(10-6-12-24(27)40-29)20-8-4-3-5-9-20/h3-6,8-10,12,19,21,23,26,31,36H,7,11,13-18H2,1-2H3,(H,32,38)/t19-,23-,26-/m0/s1. The highest BCUT2D eigenvalue weighted by atomic mass is 32.1. The number of para-hydroxylation sites is 1. The molecule has 3 amide bonds. The first-order valence-electron chi connectivity index (χ1n) is 14.0. The molecule has 9 nitrogen and oxygen atoms in total. The van der Waals surface area contributed by atoms with Crippen molar-refractivity contribution in [3.8, 4) is 11.1 Å². The molecule has 0 spiro atoms. The molecule has 3 heterocycles. The van der Waals surface area contributed by atoms with E-state index in [2.05, 4.69) is 34.9 Å². The number of nitrogens with one attached hydrogen (secondary N) is 2. The van der Waals surface area contributed by atoms with Gasteiger partial charge in [-0.15, -0.1) is 11.3 Å². The Balaban J connectivity index is 1.41. The number of hydrogen-bond donors (Lipinski definition) is 3. The van der Waals surface area contributed by atoms with Crippen LogP contribution in [0, 0.1) is 5.92 Å². The van der Waals surface area contributed by atoms with Crippen LogP contribution < -0.4 is 10.6 Å². The second-order valence-electron chi connectivity index (χ2n) is 10.6. The van der Waals surface area contributed by atoms with E-state index >= 15 is 0 Å². The number of carbonyl (C=O) groups is 3. The first kappa shape index (κ1) is 28.2. The third kappa shape index (κ3) is 5.75. The van der Waals surface area contributed by atoms with Crippen LogP contribution in [0.25, 0.3) is 21.3 Å². The summed E-state index contributed by atoms with van der Waals surface area (Å²) in [6, 6.07) is 15.1. The van der Waals surface area contributed by atoms with E-state index in [4.69, 9.17) is 4.98 Å². The number of likely N-dealkylation sites (N-methyl/N-ethyl adjacent to an activating group) is 1. The van der Waals surface area contributed by atoms with Gasteiger partial charge in [-0.2, -0.15) is 0 Å². The molecule has 40 heavy (non-hydrogen) atoms. The van der Waals surface area contributed by atoms with Gasteiger partial charge in [-0.1, -0.05) is 42.5 Å². The normalized spacial score (nSPS) is 19.5. The maximum Gasteiger partial charge on any atom is 0.248 e. The Morgan fingerprint density at radius 3 is 2.50 bits per heavy atom. The maximum absolute atomic E-state index is 14.2. The Morgan fingerprint density at radius 2 is 1.80 bits per heavy atom. The number of aromatic nitrogens is 1. The fourth-order valence-corrected chi connectivity index (χ4v) is 6.94. The minimum absolute atomic E-state index is 0.0892. The molecule has 5 rings (SSSR count). The molecule has 2 aliphatic rings. The van der Waals surface area contributed by atoms with E-state index in [1.807, 2.05) is 29.2 Å². The molecule has 3 atom stereocenters. The summed E-state index contributed by atoms with van der Waals surface area (Å²) in [7, 11) is 1.72. The third-order valence-corrected chi connectivity index (χ3v) is 9.35. The highest BCUT2D eigenvalue weighted by molar-refractivity contribution is 7.18. The average Bonchev–Trinajstić information content (AvgIpc) is 3.66. The van der Waals surface area contributed by atoms with E-state index < -0.39 is 18.7 Å². The first-order valence-corrected chi connectivity index (χ1v) is 14.8. The summed E-state index contributed by atoms with van der Waals surface area (Å²) < 4.78 is 1.09. The maximum atomic E-state index is 14.2. The van der Waals surface area contributed by atoms with Crippen LogP contribution in [0.4, 0.5) is 0 Å². The molecule has 0 bridgehead atoms. The Kier molecular flexibility index (Phi) is 8.78. The predicted molar refractivity (Wildman–Crippen MR) is 156 cm³/mol. The minimum atomic E-state index is -0.690. The molecular weight excluding hydrogens is 526 g/mol. The number of fused-ring (bicyclic) bond motifs is 1. The number of likely N-dealkylation sites (tertiary alicyclic amines) is 2. The Morgan fingerprint density at radius 1 is 1.05 bits per heavy atom. The molecule has 3 aromatic rings. The summed E-state index contributed by atoms with van der Waals surface area (Å²) in [5.74, 6) is -0.726. The summed E-state index contributed by atoms with van der Waals surface area (Å²) in [5, 5.41) is 16.2. The van der Waals surface area contributed by atoms with Crippen molar-refractivity contribution in [2.24, 2.45) is 5.92 Å². The summed E-state index contributed by atoms with van der Waals surface area (Å²) in [4.78, 5) is 47.8. The molecule has 0 radical (unpaired) electrons. The number of carbonyl (C=O) groups excluding carboxylic acids is 3. The van der Waals surface area contributed by atoms with Gasteiger partial charge in [0.15, 0.2) is 0 Å². The molecule has 3 N–H and O–H groups in total. The average molecular weight is 564 g/mol. The van der Waals surface area contributed by atoms with Gasteiger partial charge >= 0.3 is 0 Å². The van der Waals surface area contributed by atoms with Gasteiger partial charge in [0.25, 0.3) is 0 Å². The van der Waals surface area contributed by atoms with Crippen LogP contribution in [0.5, 0.6) is 0 Å². The Labute approximate surface area is 238 Å². The molecule has 10 heteroatoms. The van der Waals surface area contributed by atoms with Crippen LogP contribution in [0.1, 0.15) is 43.7 Å². The number of piperidine rings is 1. The topological polar surface area (TPSA) is 115 Å². The number of nitrogens with zero attached hydrogens (tertiary/aromatic N) is 3. The van der Waals surface area contributed by atoms with Gasteiger partial charge in [0.2, 0.25) is 17.7 Å².